The number of thioether (sulfide) groups is 1. The number of benzene rings is 1. The van der Waals surface area contributed by atoms with Gasteiger partial charge in [-0.2, -0.15) is 11.8 Å². The summed E-state index contributed by atoms with van der Waals surface area (Å²) >= 11 is 1.69. The minimum atomic E-state index is -0.455. The van der Waals surface area contributed by atoms with Crippen LogP contribution in [0.2, 0.25) is 0 Å². The van der Waals surface area contributed by atoms with E-state index >= 15 is 0 Å². The number of nitrogens with one attached hydrogen (secondary N) is 2. The zero-order valence-corrected chi connectivity index (χ0v) is 11.5. The Morgan fingerprint density at radius 2 is 2.11 bits per heavy atom. The molecule has 98 valence electrons. The van der Waals surface area contributed by atoms with E-state index in [1.165, 1.54) is 18.2 Å². The molecule has 0 aliphatic carbocycles. The van der Waals surface area contributed by atoms with Gasteiger partial charge in [0.25, 0.3) is 0 Å². The number of urea groups is 1. The predicted octanol–water partition coefficient (Wildman–Crippen LogP) is 2.07. The van der Waals surface area contributed by atoms with Crippen LogP contribution in [-0.4, -0.2) is 24.7 Å². The molecule has 1 rings (SSSR count). The summed E-state index contributed by atoms with van der Waals surface area (Å²) in [6, 6.07) is 7.85. The van der Waals surface area contributed by atoms with Crippen LogP contribution in [0.25, 0.3) is 0 Å². The smallest absolute Gasteiger partial charge is 0.321 e. The van der Waals surface area contributed by atoms with Crippen molar-refractivity contribution in [1.82, 2.24) is 10.6 Å². The van der Waals surface area contributed by atoms with E-state index in [2.05, 4.69) is 35.8 Å². The molecule has 0 unspecified atom stereocenters. The summed E-state index contributed by atoms with van der Waals surface area (Å²) in [6.45, 7) is 2.06. The van der Waals surface area contributed by atoms with E-state index in [0.29, 0.717) is 12.2 Å². The molecular formula is C13H18N2O2S. The Morgan fingerprint density at radius 1 is 1.33 bits per heavy atom. The zero-order valence-electron chi connectivity index (χ0n) is 10.7. The number of carbonyl (C=O) groups excluding carboxylic acids is 2. The summed E-state index contributed by atoms with van der Waals surface area (Å²) in [4.78, 5) is 22.2. The van der Waals surface area contributed by atoms with E-state index < -0.39 is 6.03 Å². The van der Waals surface area contributed by atoms with E-state index in [-0.39, 0.29) is 5.91 Å². The molecule has 18 heavy (non-hydrogen) atoms. The summed E-state index contributed by atoms with van der Waals surface area (Å²) in [5, 5.41) is 4.58. The maximum atomic E-state index is 11.3. The topological polar surface area (TPSA) is 58.2 Å². The third kappa shape index (κ3) is 5.72. The van der Waals surface area contributed by atoms with Crippen LogP contribution in [0.1, 0.15) is 17.5 Å². The van der Waals surface area contributed by atoms with Gasteiger partial charge in [-0.25, -0.2) is 4.79 Å². The lowest BCUT2D eigenvalue weighted by molar-refractivity contribution is -0.119. The minimum Gasteiger partial charge on any atom is -0.341 e. The molecule has 0 fully saturated rings. The molecule has 3 amide bonds. The van der Waals surface area contributed by atoms with Gasteiger partial charge in [0.05, 0.1) is 0 Å². The normalized spacial score (nSPS) is 9.89. The largest absolute Gasteiger partial charge is 0.341 e. The van der Waals surface area contributed by atoms with Crippen LogP contribution >= 0.6 is 11.8 Å². The highest BCUT2D eigenvalue weighted by Gasteiger charge is 2.05. The van der Waals surface area contributed by atoms with Crippen molar-refractivity contribution in [3.63, 3.8) is 0 Å². The third-order valence-electron chi connectivity index (χ3n) is 2.30. The van der Waals surface area contributed by atoms with Gasteiger partial charge in [0, 0.05) is 25.0 Å². The molecule has 5 heteroatoms. The number of amides is 3. The molecular weight excluding hydrogens is 248 g/mol. The number of aryl methyl sites for hydroxylation is 1. The molecule has 0 radical (unpaired) electrons. The molecule has 0 saturated carbocycles. The Balaban J connectivity index is 2.19. The van der Waals surface area contributed by atoms with Crippen LogP contribution in [-0.2, 0) is 10.5 Å². The predicted molar refractivity (Wildman–Crippen MR) is 74.6 cm³/mol. The van der Waals surface area contributed by atoms with E-state index in [1.807, 2.05) is 6.07 Å². The van der Waals surface area contributed by atoms with E-state index in [4.69, 9.17) is 0 Å². The summed E-state index contributed by atoms with van der Waals surface area (Å²) in [5.74, 6) is 1.34. The van der Waals surface area contributed by atoms with Crippen molar-refractivity contribution in [1.29, 1.82) is 0 Å². The van der Waals surface area contributed by atoms with Crippen molar-refractivity contribution in [2.24, 2.45) is 0 Å². The lowest BCUT2D eigenvalue weighted by Crippen LogP contribution is -2.37. The molecule has 0 heterocycles. The van der Waals surface area contributed by atoms with Crippen LogP contribution in [0, 0.1) is 6.92 Å². The summed E-state index contributed by atoms with van der Waals surface area (Å²) in [5.41, 5.74) is 2.50. The highest BCUT2D eigenvalue weighted by molar-refractivity contribution is 7.98. The van der Waals surface area contributed by atoms with Crippen LogP contribution in [0.15, 0.2) is 24.3 Å². The summed E-state index contributed by atoms with van der Waals surface area (Å²) in [7, 11) is 1.48. The number of rotatable bonds is 5. The van der Waals surface area contributed by atoms with Gasteiger partial charge in [-0.15, -0.1) is 0 Å². The van der Waals surface area contributed by atoms with E-state index in [9.17, 15) is 9.59 Å². The Hall–Kier alpha value is -1.49. The van der Waals surface area contributed by atoms with Crippen molar-refractivity contribution >= 4 is 23.7 Å². The lowest BCUT2D eigenvalue weighted by atomic mass is 10.2. The quantitative estimate of drug-likeness (QED) is 0.802. The van der Waals surface area contributed by atoms with E-state index in [1.54, 1.807) is 11.8 Å². The van der Waals surface area contributed by atoms with Gasteiger partial charge >= 0.3 is 6.03 Å². The van der Waals surface area contributed by atoms with Crippen LogP contribution in [0.3, 0.4) is 0 Å². The second-order valence-electron chi connectivity index (χ2n) is 3.92. The van der Waals surface area contributed by atoms with E-state index in [0.717, 1.165) is 5.75 Å². The fourth-order valence-electron chi connectivity index (χ4n) is 1.41. The maximum Gasteiger partial charge on any atom is 0.321 e. The SMILES string of the molecule is CNC(=O)NC(=O)CCSCc1cccc(C)c1. The van der Waals surface area contributed by atoms with Crippen molar-refractivity contribution in [2.45, 2.75) is 19.1 Å². The fourth-order valence-corrected chi connectivity index (χ4v) is 2.30. The van der Waals surface area contributed by atoms with Gasteiger partial charge < -0.3 is 5.32 Å². The second-order valence-corrected chi connectivity index (χ2v) is 5.02. The van der Waals surface area contributed by atoms with Crippen molar-refractivity contribution in [3.05, 3.63) is 35.4 Å². The first-order valence-corrected chi connectivity index (χ1v) is 6.92. The Morgan fingerprint density at radius 3 is 2.78 bits per heavy atom. The van der Waals surface area contributed by atoms with Crippen LogP contribution < -0.4 is 10.6 Å². The molecule has 1 aromatic rings. The average Bonchev–Trinajstić information content (AvgIpc) is 2.34. The molecule has 0 aromatic heterocycles. The first-order chi connectivity index (χ1) is 8.61. The van der Waals surface area contributed by atoms with Gasteiger partial charge in [-0.05, 0) is 12.5 Å². The number of hydrogen-bond acceptors (Lipinski definition) is 3. The highest BCUT2D eigenvalue weighted by atomic mass is 32.2. The van der Waals surface area contributed by atoms with Crippen LogP contribution in [0.4, 0.5) is 4.79 Å². The Bertz CT molecular complexity index is 421. The Labute approximate surface area is 112 Å². The van der Waals surface area contributed by atoms with Crippen molar-refractivity contribution < 1.29 is 9.59 Å². The monoisotopic (exact) mass is 266 g/mol. The van der Waals surface area contributed by atoms with Crippen molar-refractivity contribution in [3.8, 4) is 0 Å². The molecule has 1 aromatic carbocycles. The molecule has 0 aliphatic rings. The molecule has 0 spiro atoms. The van der Waals surface area contributed by atoms with Gasteiger partial charge in [0.15, 0.2) is 0 Å². The third-order valence-corrected chi connectivity index (χ3v) is 3.33. The summed E-state index contributed by atoms with van der Waals surface area (Å²) < 4.78 is 0. The molecule has 4 nitrogen and oxygen atoms in total. The maximum absolute atomic E-state index is 11.3. The second kappa shape index (κ2) is 7.76. The zero-order chi connectivity index (χ0) is 13.4. The van der Waals surface area contributed by atoms with Gasteiger partial charge in [0.1, 0.15) is 0 Å². The molecule has 0 atom stereocenters. The van der Waals surface area contributed by atoms with Crippen LogP contribution in [0.5, 0.6) is 0 Å². The standard InChI is InChI=1S/C13H18N2O2S/c1-10-4-3-5-11(8-10)9-18-7-6-12(16)15-13(17)14-2/h3-5,8H,6-7,9H2,1-2H3,(H2,14,15,16,17). The molecule has 2 N–H and O–H groups in total. The van der Waals surface area contributed by atoms with Crippen molar-refractivity contribution in [2.75, 3.05) is 12.8 Å². The average molecular weight is 266 g/mol. The number of hydrogen-bond donors (Lipinski definition) is 2. The highest BCUT2D eigenvalue weighted by Crippen LogP contribution is 2.14. The fraction of sp³-hybridized carbons (Fsp3) is 0.385. The minimum absolute atomic E-state index is 0.244. The molecule has 0 bridgehead atoms. The summed E-state index contributed by atoms with van der Waals surface area (Å²) in [6.07, 6.45) is 0.351. The molecule has 0 saturated heterocycles. The lowest BCUT2D eigenvalue weighted by Gasteiger charge is -2.04. The molecule has 0 aliphatic heterocycles. The van der Waals surface area contributed by atoms with Gasteiger partial charge in [0.2, 0.25) is 5.91 Å². The number of carbonyl (C=O) groups is 2. The Kier molecular flexibility index (Phi) is 6.28. The van der Waals surface area contributed by atoms with Gasteiger partial charge in [-0.1, -0.05) is 29.8 Å². The first-order valence-electron chi connectivity index (χ1n) is 5.76. The number of imide groups is 1. The first kappa shape index (κ1) is 14.6. The van der Waals surface area contributed by atoms with Gasteiger partial charge in [-0.3, -0.25) is 10.1 Å².